The number of nitrogens with one attached hydrogen (secondary N) is 1. The van der Waals surface area contributed by atoms with Gasteiger partial charge in [-0.05, 0) is 38.0 Å². The maximum Gasteiger partial charge on any atom is 0.343 e. The molecule has 0 fully saturated rings. The normalized spacial score (nSPS) is 12.1. The van der Waals surface area contributed by atoms with E-state index < -0.39 is 23.8 Å². The van der Waals surface area contributed by atoms with E-state index in [-0.39, 0.29) is 27.3 Å². The number of hydrogen-bond acceptors (Lipinski definition) is 4. The summed E-state index contributed by atoms with van der Waals surface area (Å²) in [5, 5.41) is 6.93. The maximum atomic E-state index is 13.1. The van der Waals surface area contributed by atoms with E-state index >= 15 is 0 Å². The number of amides is 1. The topological polar surface area (TPSA) is 73.2 Å². The van der Waals surface area contributed by atoms with E-state index in [0.29, 0.717) is 12.2 Å². The predicted octanol–water partition coefficient (Wildman–Crippen LogP) is 4.48. The monoisotopic (exact) mass is 415 g/mol. The van der Waals surface area contributed by atoms with Crippen LogP contribution in [0.3, 0.4) is 0 Å². The number of hydrogen-bond donors (Lipinski definition) is 1. The minimum Gasteiger partial charge on any atom is -0.449 e. The molecule has 2 aromatic rings. The predicted molar refractivity (Wildman–Crippen MR) is 102 cm³/mol. The van der Waals surface area contributed by atoms with Gasteiger partial charge in [0, 0.05) is 6.54 Å². The molecule has 9 heteroatoms. The Kier molecular flexibility index (Phi) is 6.84. The van der Waals surface area contributed by atoms with E-state index in [1.807, 2.05) is 13.8 Å². The first-order valence-electron chi connectivity index (χ1n) is 8.30. The van der Waals surface area contributed by atoms with E-state index in [1.165, 1.54) is 17.7 Å². The van der Waals surface area contributed by atoms with E-state index in [1.54, 1.807) is 6.92 Å². The number of halogens is 3. The molecule has 0 saturated carbocycles. The molecule has 0 radical (unpaired) electrons. The van der Waals surface area contributed by atoms with Crippen molar-refractivity contribution in [3.05, 3.63) is 45.4 Å². The first-order chi connectivity index (χ1) is 12.6. The number of anilines is 1. The summed E-state index contributed by atoms with van der Waals surface area (Å²) in [5.74, 6) is -1.60. The summed E-state index contributed by atoms with van der Waals surface area (Å²) in [6, 6.07) is 3.55. The van der Waals surface area contributed by atoms with Crippen molar-refractivity contribution >= 4 is 40.8 Å². The van der Waals surface area contributed by atoms with Gasteiger partial charge in [-0.3, -0.25) is 9.48 Å². The van der Waals surface area contributed by atoms with Crippen LogP contribution in [0.25, 0.3) is 0 Å². The summed E-state index contributed by atoms with van der Waals surface area (Å²) < 4.78 is 19.8. The second kappa shape index (κ2) is 8.71. The summed E-state index contributed by atoms with van der Waals surface area (Å²) in [4.78, 5) is 24.7. The third-order valence-corrected chi connectivity index (χ3v) is 4.35. The van der Waals surface area contributed by atoms with Gasteiger partial charge in [-0.2, -0.15) is 5.10 Å². The van der Waals surface area contributed by atoms with Gasteiger partial charge in [-0.15, -0.1) is 0 Å². The third-order valence-electron chi connectivity index (χ3n) is 3.65. The zero-order valence-corrected chi connectivity index (χ0v) is 16.9. The highest BCUT2D eigenvalue weighted by atomic mass is 35.5. The number of rotatable bonds is 6. The van der Waals surface area contributed by atoms with Crippen LogP contribution in [0.5, 0.6) is 0 Å². The molecular weight excluding hydrogens is 396 g/mol. The number of carbonyl (C=O) groups is 2. The lowest BCUT2D eigenvalue weighted by atomic mass is 10.2. The number of aryl methyl sites for hydroxylation is 1. The fourth-order valence-corrected chi connectivity index (χ4v) is 2.89. The van der Waals surface area contributed by atoms with E-state index in [4.69, 9.17) is 27.9 Å². The molecule has 1 atom stereocenters. The molecule has 0 aliphatic rings. The summed E-state index contributed by atoms with van der Waals surface area (Å²) in [5.41, 5.74) is 0.751. The Hall–Kier alpha value is -2.12. The molecule has 2 rings (SSSR count). The Morgan fingerprint density at radius 1 is 1.30 bits per heavy atom. The van der Waals surface area contributed by atoms with Crippen LogP contribution < -0.4 is 5.32 Å². The summed E-state index contributed by atoms with van der Waals surface area (Å²) in [7, 11) is 0. The highest BCUT2D eigenvalue weighted by molar-refractivity contribution is 6.34. The number of benzene rings is 1. The number of nitrogens with zero attached hydrogens (tertiary/aromatic N) is 2. The van der Waals surface area contributed by atoms with Crippen molar-refractivity contribution in [2.24, 2.45) is 5.92 Å². The lowest BCUT2D eigenvalue weighted by Crippen LogP contribution is -2.30. The molecule has 146 valence electrons. The lowest BCUT2D eigenvalue weighted by molar-refractivity contribution is -0.123. The number of carbonyl (C=O) groups excluding carboxylic acids is 2. The fraction of sp³-hybridized carbons (Fsp3) is 0.389. The Balaban J connectivity index is 2.09. The van der Waals surface area contributed by atoms with Crippen molar-refractivity contribution in [2.75, 3.05) is 5.32 Å². The molecule has 27 heavy (non-hydrogen) atoms. The van der Waals surface area contributed by atoms with Crippen molar-refractivity contribution in [3.8, 4) is 0 Å². The molecule has 1 heterocycles. The average Bonchev–Trinajstić information content (AvgIpc) is 2.83. The van der Waals surface area contributed by atoms with Gasteiger partial charge < -0.3 is 10.1 Å². The molecule has 1 amide bonds. The molecule has 0 aliphatic carbocycles. The van der Waals surface area contributed by atoms with Crippen LogP contribution in [0.1, 0.15) is 36.8 Å². The fourth-order valence-electron chi connectivity index (χ4n) is 2.35. The van der Waals surface area contributed by atoms with Gasteiger partial charge >= 0.3 is 5.97 Å². The van der Waals surface area contributed by atoms with Gasteiger partial charge in [-0.1, -0.05) is 37.0 Å². The van der Waals surface area contributed by atoms with Crippen LogP contribution >= 0.6 is 23.2 Å². The van der Waals surface area contributed by atoms with Crippen LogP contribution in [0.2, 0.25) is 10.2 Å². The second-order valence-electron chi connectivity index (χ2n) is 6.49. The Morgan fingerprint density at radius 2 is 1.96 bits per heavy atom. The molecule has 0 spiro atoms. The molecule has 1 N–H and O–H groups in total. The Bertz CT molecular complexity index is 868. The van der Waals surface area contributed by atoms with Crippen molar-refractivity contribution in [1.29, 1.82) is 0 Å². The highest BCUT2D eigenvalue weighted by Crippen LogP contribution is 2.24. The number of esters is 1. The van der Waals surface area contributed by atoms with Crippen molar-refractivity contribution < 1.29 is 18.7 Å². The van der Waals surface area contributed by atoms with Crippen LogP contribution in [-0.2, 0) is 16.1 Å². The molecule has 1 aromatic heterocycles. The molecule has 0 saturated heterocycles. The third kappa shape index (κ3) is 5.20. The first kappa shape index (κ1) is 21.2. The number of ether oxygens (including phenoxy) is 1. The Labute approximate surface area is 166 Å². The van der Waals surface area contributed by atoms with Gasteiger partial charge in [0.2, 0.25) is 0 Å². The van der Waals surface area contributed by atoms with E-state index in [0.717, 1.165) is 12.1 Å². The Morgan fingerprint density at radius 3 is 2.56 bits per heavy atom. The van der Waals surface area contributed by atoms with Gasteiger partial charge in [0.25, 0.3) is 5.91 Å². The maximum absolute atomic E-state index is 13.1. The minimum atomic E-state index is -1.12. The summed E-state index contributed by atoms with van der Waals surface area (Å²) in [6.07, 6.45) is -1.12. The summed E-state index contributed by atoms with van der Waals surface area (Å²) in [6.45, 7) is 7.59. The second-order valence-corrected chi connectivity index (χ2v) is 7.25. The van der Waals surface area contributed by atoms with Crippen molar-refractivity contribution in [3.63, 3.8) is 0 Å². The summed E-state index contributed by atoms with van der Waals surface area (Å²) >= 11 is 12.1. The molecule has 1 aromatic carbocycles. The molecular formula is C18H20Cl2FN3O3. The zero-order chi connectivity index (χ0) is 20.3. The van der Waals surface area contributed by atoms with Gasteiger partial charge in [0.05, 0.1) is 16.4 Å². The van der Waals surface area contributed by atoms with Gasteiger partial charge in [0.15, 0.2) is 6.10 Å². The van der Waals surface area contributed by atoms with Gasteiger partial charge in [0.1, 0.15) is 16.5 Å². The standard InChI is InChI=1S/C18H20Cl2FN3O3/c1-9(2)8-24-16(20)15(10(3)23-24)18(26)27-11(4)17(25)22-14-6-5-12(21)7-13(14)19/h5-7,9,11H,8H2,1-4H3,(H,22,25)/t11-/m1/s1. The zero-order valence-electron chi connectivity index (χ0n) is 15.3. The quantitative estimate of drug-likeness (QED) is 0.705. The van der Waals surface area contributed by atoms with Crippen LogP contribution in [0, 0.1) is 18.7 Å². The molecule has 0 unspecified atom stereocenters. The van der Waals surface area contributed by atoms with E-state index in [2.05, 4.69) is 10.4 Å². The van der Waals surface area contributed by atoms with Crippen molar-refractivity contribution in [2.45, 2.75) is 40.3 Å². The van der Waals surface area contributed by atoms with Crippen LogP contribution in [0.4, 0.5) is 10.1 Å². The smallest absolute Gasteiger partial charge is 0.343 e. The van der Waals surface area contributed by atoms with Crippen molar-refractivity contribution in [1.82, 2.24) is 9.78 Å². The molecule has 0 aliphatic heterocycles. The molecule has 6 nitrogen and oxygen atoms in total. The largest absolute Gasteiger partial charge is 0.449 e. The minimum absolute atomic E-state index is 0.0377. The highest BCUT2D eigenvalue weighted by Gasteiger charge is 2.26. The first-order valence-corrected chi connectivity index (χ1v) is 9.05. The van der Waals surface area contributed by atoms with Crippen LogP contribution in [-0.4, -0.2) is 27.8 Å². The van der Waals surface area contributed by atoms with E-state index in [9.17, 15) is 14.0 Å². The lowest BCUT2D eigenvalue weighted by Gasteiger charge is -2.14. The SMILES string of the molecule is Cc1nn(CC(C)C)c(Cl)c1C(=O)O[C@H](C)C(=O)Nc1ccc(F)cc1Cl. The van der Waals surface area contributed by atoms with Gasteiger partial charge in [-0.25, -0.2) is 9.18 Å². The van der Waals surface area contributed by atoms with Crippen LogP contribution in [0.15, 0.2) is 18.2 Å². The number of aromatic nitrogens is 2. The average molecular weight is 416 g/mol. The molecule has 0 bridgehead atoms.